The first-order valence-electron chi connectivity index (χ1n) is 5.03. The first-order valence-corrected chi connectivity index (χ1v) is 5.03. The lowest BCUT2D eigenvalue weighted by Crippen LogP contribution is -2.07. The number of hydrogen-bond donors (Lipinski definition) is 0. The maximum Gasteiger partial charge on any atom is 0.417 e. The Morgan fingerprint density at radius 1 is 1.22 bits per heavy atom. The zero-order valence-electron chi connectivity index (χ0n) is 9.28. The molecule has 94 valence electrons. The van der Waals surface area contributed by atoms with Crippen LogP contribution in [0.1, 0.15) is 23.0 Å². The molecule has 0 bridgehead atoms. The van der Waals surface area contributed by atoms with E-state index in [-0.39, 0.29) is 16.9 Å². The maximum atomic E-state index is 12.8. The number of Topliss-reactive ketones (excluding diaryl/α,β-unsaturated/α-hetero) is 1. The number of benzene rings is 1. The molecule has 0 saturated heterocycles. The Morgan fingerprint density at radius 2 is 1.89 bits per heavy atom. The van der Waals surface area contributed by atoms with Crippen LogP contribution in [0.15, 0.2) is 35.0 Å². The van der Waals surface area contributed by atoms with Crippen molar-refractivity contribution in [2.75, 3.05) is 0 Å². The van der Waals surface area contributed by atoms with E-state index in [4.69, 9.17) is 0 Å². The van der Waals surface area contributed by atoms with Gasteiger partial charge in [0.2, 0.25) is 5.76 Å². The van der Waals surface area contributed by atoms with Crippen LogP contribution in [0.4, 0.5) is 13.2 Å². The second kappa shape index (κ2) is 4.29. The number of alkyl halides is 3. The van der Waals surface area contributed by atoms with Gasteiger partial charge in [-0.3, -0.25) is 4.79 Å². The van der Waals surface area contributed by atoms with E-state index in [0.29, 0.717) is 0 Å². The molecule has 0 N–H and O–H groups in total. The van der Waals surface area contributed by atoms with Crippen LogP contribution in [0.5, 0.6) is 0 Å². The molecular weight excluding hydrogens is 247 g/mol. The van der Waals surface area contributed by atoms with Gasteiger partial charge in [-0.2, -0.15) is 13.2 Å². The highest BCUT2D eigenvalue weighted by Gasteiger charge is 2.34. The molecule has 1 aromatic carbocycles. The highest BCUT2D eigenvalue weighted by atomic mass is 19.4. The highest BCUT2D eigenvalue weighted by molar-refractivity contribution is 5.98. The van der Waals surface area contributed by atoms with Gasteiger partial charge in [0.25, 0.3) is 0 Å². The summed E-state index contributed by atoms with van der Waals surface area (Å²) in [4.78, 5) is 11.2. The smallest absolute Gasteiger partial charge is 0.352 e. The van der Waals surface area contributed by atoms with Gasteiger partial charge in [0.1, 0.15) is 0 Å². The van der Waals surface area contributed by atoms with Crippen molar-refractivity contribution in [2.45, 2.75) is 13.1 Å². The molecule has 0 aliphatic heterocycles. The second-order valence-electron chi connectivity index (χ2n) is 3.67. The zero-order chi connectivity index (χ0) is 13.3. The summed E-state index contributed by atoms with van der Waals surface area (Å²) in [7, 11) is 0. The van der Waals surface area contributed by atoms with E-state index in [1.807, 2.05) is 0 Å². The van der Waals surface area contributed by atoms with Gasteiger partial charge in [-0.1, -0.05) is 23.4 Å². The number of aromatic nitrogens is 1. The predicted molar refractivity (Wildman–Crippen MR) is 56.9 cm³/mol. The standard InChI is InChI=1S/C12H8F3NO2/c1-7(17)11-9(6-16-18-11)8-4-2-3-5-10(8)12(13,14)15/h2-6H,1H3. The summed E-state index contributed by atoms with van der Waals surface area (Å²) in [5.41, 5.74) is -0.887. The maximum absolute atomic E-state index is 12.8. The van der Waals surface area contributed by atoms with E-state index in [2.05, 4.69) is 9.68 Å². The normalized spacial score (nSPS) is 11.6. The third-order valence-corrected chi connectivity index (χ3v) is 2.41. The summed E-state index contributed by atoms with van der Waals surface area (Å²) in [5, 5.41) is 3.38. The number of halogens is 3. The minimum atomic E-state index is -4.50. The van der Waals surface area contributed by atoms with Crippen LogP contribution in [0.3, 0.4) is 0 Å². The van der Waals surface area contributed by atoms with Crippen molar-refractivity contribution in [2.24, 2.45) is 0 Å². The van der Waals surface area contributed by atoms with E-state index in [1.54, 1.807) is 0 Å². The van der Waals surface area contributed by atoms with Crippen LogP contribution in [0.25, 0.3) is 11.1 Å². The molecule has 0 unspecified atom stereocenters. The average molecular weight is 255 g/mol. The minimum Gasteiger partial charge on any atom is -0.352 e. The SMILES string of the molecule is CC(=O)c1oncc1-c1ccccc1C(F)(F)F. The van der Waals surface area contributed by atoms with Gasteiger partial charge in [0, 0.05) is 6.92 Å². The molecule has 0 aliphatic carbocycles. The summed E-state index contributed by atoms with van der Waals surface area (Å²) in [6, 6.07) is 4.98. The molecule has 0 atom stereocenters. The molecule has 1 aromatic heterocycles. The fourth-order valence-corrected chi connectivity index (χ4v) is 1.65. The molecule has 0 fully saturated rings. The predicted octanol–water partition coefficient (Wildman–Crippen LogP) is 3.56. The van der Waals surface area contributed by atoms with Crippen LogP contribution in [-0.4, -0.2) is 10.9 Å². The number of carbonyl (C=O) groups is 1. The molecule has 6 heteroatoms. The zero-order valence-corrected chi connectivity index (χ0v) is 9.28. The summed E-state index contributed by atoms with van der Waals surface area (Å²) in [6.07, 6.45) is -3.39. The van der Waals surface area contributed by atoms with E-state index >= 15 is 0 Å². The van der Waals surface area contributed by atoms with Crippen molar-refractivity contribution in [1.29, 1.82) is 0 Å². The first-order chi connectivity index (χ1) is 8.41. The monoisotopic (exact) mass is 255 g/mol. The van der Waals surface area contributed by atoms with Crippen LogP contribution in [0.2, 0.25) is 0 Å². The number of carbonyl (C=O) groups excluding carboxylic acids is 1. The fraction of sp³-hybridized carbons (Fsp3) is 0.167. The van der Waals surface area contributed by atoms with Gasteiger partial charge in [0.05, 0.1) is 17.3 Å². The largest absolute Gasteiger partial charge is 0.417 e. The molecule has 18 heavy (non-hydrogen) atoms. The molecule has 0 amide bonds. The topological polar surface area (TPSA) is 43.1 Å². The number of nitrogens with zero attached hydrogens (tertiary/aromatic N) is 1. The van der Waals surface area contributed by atoms with Crippen LogP contribution < -0.4 is 0 Å². The number of rotatable bonds is 2. The van der Waals surface area contributed by atoms with Crippen molar-refractivity contribution in [3.05, 3.63) is 41.8 Å². The lowest BCUT2D eigenvalue weighted by Gasteiger charge is -2.11. The number of hydrogen-bond acceptors (Lipinski definition) is 3. The summed E-state index contributed by atoms with van der Waals surface area (Å²) in [5.74, 6) is -0.647. The van der Waals surface area contributed by atoms with Crippen LogP contribution in [-0.2, 0) is 6.18 Å². The third-order valence-electron chi connectivity index (χ3n) is 2.41. The molecule has 0 aliphatic rings. The van der Waals surface area contributed by atoms with Crippen molar-refractivity contribution < 1.29 is 22.5 Å². The lowest BCUT2D eigenvalue weighted by atomic mass is 9.99. The average Bonchev–Trinajstić information content (AvgIpc) is 2.76. The van der Waals surface area contributed by atoms with E-state index < -0.39 is 17.5 Å². The summed E-state index contributed by atoms with van der Waals surface area (Å²) < 4.78 is 43.2. The van der Waals surface area contributed by atoms with Crippen molar-refractivity contribution in [1.82, 2.24) is 5.16 Å². The van der Waals surface area contributed by atoms with Gasteiger partial charge < -0.3 is 4.52 Å². The van der Waals surface area contributed by atoms with Crippen molar-refractivity contribution in [3.8, 4) is 11.1 Å². The first kappa shape index (κ1) is 12.3. The van der Waals surface area contributed by atoms with Gasteiger partial charge in [-0.15, -0.1) is 0 Å². The Kier molecular flexibility index (Phi) is 2.94. The number of ketones is 1. The fourth-order valence-electron chi connectivity index (χ4n) is 1.65. The van der Waals surface area contributed by atoms with Crippen molar-refractivity contribution >= 4 is 5.78 Å². The molecule has 2 rings (SSSR count). The summed E-state index contributed by atoms with van der Waals surface area (Å²) >= 11 is 0. The van der Waals surface area contributed by atoms with Crippen LogP contribution in [0, 0.1) is 0 Å². The van der Waals surface area contributed by atoms with Gasteiger partial charge in [0.15, 0.2) is 5.78 Å². The van der Waals surface area contributed by atoms with Crippen LogP contribution >= 0.6 is 0 Å². The lowest BCUT2D eigenvalue weighted by molar-refractivity contribution is -0.137. The Labute approximate surface area is 100 Å². The van der Waals surface area contributed by atoms with E-state index in [0.717, 1.165) is 12.3 Å². The molecule has 0 spiro atoms. The van der Waals surface area contributed by atoms with Gasteiger partial charge in [-0.25, -0.2) is 0 Å². The minimum absolute atomic E-state index is 0.0513. The van der Waals surface area contributed by atoms with E-state index in [1.165, 1.54) is 25.1 Å². The Balaban J connectivity index is 2.65. The van der Waals surface area contributed by atoms with E-state index in [9.17, 15) is 18.0 Å². The molecule has 1 heterocycles. The van der Waals surface area contributed by atoms with Gasteiger partial charge in [-0.05, 0) is 11.6 Å². The molecular formula is C12H8F3NO2. The summed E-state index contributed by atoms with van der Waals surface area (Å²) in [6.45, 7) is 1.21. The molecule has 3 nitrogen and oxygen atoms in total. The second-order valence-corrected chi connectivity index (χ2v) is 3.67. The van der Waals surface area contributed by atoms with Gasteiger partial charge >= 0.3 is 6.18 Å². The third kappa shape index (κ3) is 2.13. The quantitative estimate of drug-likeness (QED) is 0.770. The highest BCUT2D eigenvalue weighted by Crippen LogP contribution is 2.37. The molecule has 0 saturated carbocycles. The Hall–Kier alpha value is -2.11. The molecule has 0 radical (unpaired) electrons. The Morgan fingerprint density at radius 3 is 2.50 bits per heavy atom. The molecule has 2 aromatic rings. The van der Waals surface area contributed by atoms with Crippen molar-refractivity contribution in [3.63, 3.8) is 0 Å². The Bertz CT molecular complexity index is 587.